The van der Waals surface area contributed by atoms with Gasteiger partial charge in [-0.1, -0.05) is 0 Å². The van der Waals surface area contributed by atoms with Crippen LogP contribution in [-0.2, 0) is 9.53 Å². The van der Waals surface area contributed by atoms with E-state index in [1.54, 1.807) is 25.3 Å². The van der Waals surface area contributed by atoms with Crippen LogP contribution in [0.5, 0.6) is 0 Å². The van der Waals surface area contributed by atoms with E-state index in [2.05, 4.69) is 15.2 Å². The Morgan fingerprint density at radius 1 is 1.14 bits per heavy atom. The van der Waals surface area contributed by atoms with E-state index in [-0.39, 0.29) is 5.91 Å². The first-order chi connectivity index (χ1) is 13.6. The van der Waals surface area contributed by atoms with Crippen LogP contribution in [0.15, 0.2) is 47.6 Å². The Kier molecular flexibility index (Phi) is 6.92. The van der Waals surface area contributed by atoms with Gasteiger partial charge in [0, 0.05) is 30.7 Å². The first kappa shape index (κ1) is 20.2. The van der Waals surface area contributed by atoms with Gasteiger partial charge in [-0.15, -0.1) is 11.8 Å². The molecule has 1 aliphatic rings. The van der Waals surface area contributed by atoms with Crippen LogP contribution in [0, 0.1) is 0 Å². The zero-order valence-electron chi connectivity index (χ0n) is 16.2. The highest BCUT2D eigenvalue weighted by molar-refractivity contribution is 7.98. The molecule has 0 spiro atoms. The second-order valence-corrected chi connectivity index (χ2v) is 7.49. The van der Waals surface area contributed by atoms with E-state index in [1.165, 1.54) is 36.7 Å². The lowest BCUT2D eigenvalue weighted by Gasteiger charge is -2.28. The number of benzene rings is 1. The van der Waals surface area contributed by atoms with Gasteiger partial charge in [0.1, 0.15) is 5.03 Å². The highest BCUT2D eigenvalue weighted by Crippen LogP contribution is 2.22. The third-order valence-electron chi connectivity index (χ3n) is 4.69. The van der Waals surface area contributed by atoms with Gasteiger partial charge < -0.3 is 15.0 Å². The molecule has 2 heterocycles. The molecule has 1 N–H and O–H groups in total. The summed E-state index contributed by atoms with van der Waals surface area (Å²) in [4.78, 5) is 31.3. The van der Waals surface area contributed by atoms with E-state index in [9.17, 15) is 9.59 Å². The maximum Gasteiger partial charge on any atom is 0.341 e. The molecule has 0 bridgehead atoms. The van der Waals surface area contributed by atoms with Gasteiger partial charge in [-0.3, -0.25) is 4.79 Å². The maximum absolute atomic E-state index is 12.4. The summed E-state index contributed by atoms with van der Waals surface area (Å²) in [6.07, 6.45) is 6.27. The lowest BCUT2D eigenvalue weighted by Crippen LogP contribution is -2.30. The number of piperidine rings is 1. The molecule has 1 fully saturated rings. The standard InChI is InChI=1S/C21H25N3O3S/c1-15(27-21(26)18-7-6-12-22-20(18)28-2)19(25)23-16-8-10-17(11-9-16)24-13-4-3-5-14-24/h6-12,15H,3-5,13-14H2,1-2H3,(H,23,25)/t15-/m0/s1. The van der Waals surface area contributed by atoms with E-state index in [0.29, 0.717) is 16.3 Å². The van der Waals surface area contributed by atoms with Gasteiger partial charge in [0.15, 0.2) is 6.10 Å². The van der Waals surface area contributed by atoms with E-state index in [4.69, 9.17) is 4.74 Å². The molecule has 1 saturated heterocycles. The molecule has 0 radical (unpaired) electrons. The van der Waals surface area contributed by atoms with Crippen LogP contribution >= 0.6 is 11.8 Å². The first-order valence-electron chi connectivity index (χ1n) is 9.44. The molecule has 2 aromatic rings. The summed E-state index contributed by atoms with van der Waals surface area (Å²) in [5, 5.41) is 3.38. The van der Waals surface area contributed by atoms with Crippen molar-refractivity contribution in [2.45, 2.75) is 37.3 Å². The predicted molar refractivity (Wildman–Crippen MR) is 112 cm³/mol. The average Bonchev–Trinajstić information content (AvgIpc) is 2.74. The Morgan fingerprint density at radius 3 is 2.54 bits per heavy atom. The fraction of sp³-hybridized carbons (Fsp3) is 0.381. The highest BCUT2D eigenvalue weighted by Gasteiger charge is 2.21. The van der Waals surface area contributed by atoms with Gasteiger partial charge in [0.05, 0.1) is 5.56 Å². The zero-order chi connectivity index (χ0) is 19.9. The summed E-state index contributed by atoms with van der Waals surface area (Å²) in [7, 11) is 0. The van der Waals surface area contributed by atoms with Gasteiger partial charge in [0.25, 0.3) is 5.91 Å². The quantitative estimate of drug-likeness (QED) is 0.585. The largest absolute Gasteiger partial charge is 0.449 e. The zero-order valence-corrected chi connectivity index (χ0v) is 17.0. The van der Waals surface area contributed by atoms with Crippen LogP contribution in [-0.4, -0.2) is 42.3 Å². The summed E-state index contributed by atoms with van der Waals surface area (Å²) < 4.78 is 5.32. The number of nitrogens with zero attached hydrogens (tertiary/aromatic N) is 2. The molecule has 1 aromatic heterocycles. The molecule has 1 aromatic carbocycles. The molecule has 1 atom stereocenters. The van der Waals surface area contributed by atoms with Crippen molar-refractivity contribution in [1.29, 1.82) is 0 Å². The number of aromatic nitrogens is 1. The number of carbonyl (C=O) groups excluding carboxylic acids is 2. The van der Waals surface area contributed by atoms with E-state index >= 15 is 0 Å². The Labute approximate surface area is 169 Å². The Bertz CT molecular complexity index is 820. The number of hydrogen-bond acceptors (Lipinski definition) is 6. The fourth-order valence-corrected chi connectivity index (χ4v) is 3.68. The molecule has 28 heavy (non-hydrogen) atoms. The van der Waals surface area contributed by atoms with Crippen molar-refractivity contribution in [2.75, 3.05) is 29.6 Å². The monoisotopic (exact) mass is 399 g/mol. The number of ether oxygens (including phenoxy) is 1. The van der Waals surface area contributed by atoms with Gasteiger partial charge in [-0.25, -0.2) is 9.78 Å². The number of nitrogens with one attached hydrogen (secondary N) is 1. The first-order valence-corrected chi connectivity index (χ1v) is 10.7. The molecule has 148 valence electrons. The third kappa shape index (κ3) is 5.04. The SMILES string of the molecule is CSc1ncccc1C(=O)O[C@@H](C)C(=O)Nc1ccc(N2CCCCC2)cc1. The Balaban J connectivity index is 1.57. The van der Waals surface area contributed by atoms with Gasteiger partial charge in [-0.2, -0.15) is 0 Å². The molecular formula is C21H25N3O3S. The van der Waals surface area contributed by atoms with E-state index < -0.39 is 12.1 Å². The molecule has 7 heteroatoms. The second kappa shape index (κ2) is 9.59. The van der Waals surface area contributed by atoms with Crippen molar-refractivity contribution in [1.82, 2.24) is 4.98 Å². The fourth-order valence-electron chi connectivity index (χ4n) is 3.14. The van der Waals surface area contributed by atoms with Crippen LogP contribution in [0.4, 0.5) is 11.4 Å². The summed E-state index contributed by atoms with van der Waals surface area (Å²) >= 11 is 1.36. The third-order valence-corrected chi connectivity index (χ3v) is 5.41. The van der Waals surface area contributed by atoms with E-state index in [1.807, 2.05) is 30.5 Å². The van der Waals surface area contributed by atoms with Crippen LogP contribution in [0.2, 0.25) is 0 Å². The number of rotatable bonds is 6. The van der Waals surface area contributed by atoms with Crippen molar-refractivity contribution >= 4 is 35.0 Å². The molecule has 1 aliphatic heterocycles. The van der Waals surface area contributed by atoms with Gasteiger partial charge in [0.2, 0.25) is 0 Å². The molecule has 3 rings (SSSR count). The van der Waals surface area contributed by atoms with Gasteiger partial charge >= 0.3 is 5.97 Å². The summed E-state index contributed by atoms with van der Waals surface area (Å²) in [6.45, 7) is 3.71. The summed E-state index contributed by atoms with van der Waals surface area (Å²) in [6, 6.07) is 11.1. The van der Waals surface area contributed by atoms with Crippen LogP contribution in [0.1, 0.15) is 36.5 Å². The Hall–Kier alpha value is -2.54. The number of anilines is 2. The summed E-state index contributed by atoms with van der Waals surface area (Å²) in [5.74, 6) is -0.922. The summed E-state index contributed by atoms with van der Waals surface area (Å²) in [5.41, 5.74) is 2.21. The molecule has 6 nitrogen and oxygen atoms in total. The smallest absolute Gasteiger partial charge is 0.341 e. The van der Waals surface area contributed by atoms with Crippen molar-refractivity contribution in [3.63, 3.8) is 0 Å². The average molecular weight is 400 g/mol. The second-order valence-electron chi connectivity index (χ2n) is 6.69. The lowest BCUT2D eigenvalue weighted by molar-refractivity contribution is -0.123. The number of hydrogen-bond donors (Lipinski definition) is 1. The van der Waals surface area contributed by atoms with Crippen molar-refractivity contribution in [3.8, 4) is 0 Å². The number of esters is 1. The number of pyridine rings is 1. The van der Waals surface area contributed by atoms with Crippen LogP contribution in [0.25, 0.3) is 0 Å². The maximum atomic E-state index is 12.4. The molecular weight excluding hydrogens is 374 g/mol. The Morgan fingerprint density at radius 2 is 1.86 bits per heavy atom. The molecule has 0 saturated carbocycles. The number of carbonyl (C=O) groups is 2. The number of thioether (sulfide) groups is 1. The highest BCUT2D eigenvalue weighted by atomic mass is 32.2. The lowest BCUT2D eigenvalue weighted by atomic mass is 10.1. The van der Waals surface area contributed by atoms with Crippen molar-refractivity contribution in [2.24, 2.45) is 0 Å². The normalized spacial score (nSPS) is 15.0. The molecule has 0 aliphatic carbocycles. The van der Waals surface area contributed by atoms with E-state index in [0.717, 1.165) is 13.1 Å². The van der Waals surface area contributed by atoms with Gasteiger partial charge in [-0.05, 0) is 68.8 Å². The minimum atomic E-state index is -0.913. The van der Waals surface area contributed by atoms with Crippen LogP contribution in [0.3, 0.4) is 0 Å². The van der Waals surface area contributed by atoms with Crippen LogP contribution < -0.4 is 10.2 Å². The minimum Gasteiger partial charge on any atom is -0.449 e. The minimum absolute atomic E-state index is 0.362. The van der Waals surface area contributed by atoms with Crippen molar-refractivity contribution < 1.29 is 14.3 Å². The molecule has 0 unspecified atom stereocenters. The topological polar surface area (TPSA) is 71.5 Å². The molecule has 1 amide bonds. The van der Waals surface area contributed by atoms with Crippen molar-refractivity contribution in [3.05, 3.63) is 48.2 Å². The number of amides is 1. The predicted octanol–water partition coefficient (Wildman–Crippen LogP) is 3.98.